The third-order valence-corrected chi connectivity index (χ3v) is 10.8. The molecule has 6 rings (SSSR count). The van der Waals surface area contributed by atoms with Crippen LogP contribution in [0.5, 0.6) is 0 Å². The molecule has 0 radical (unpaired) electrons. The van der Waals surface area contributed by atoms with Gasteiger partial charge in [-0.2, -0.15) is 18.4 Å². The number of H-pyrrole nitrogens is 1. The number of imidazole rings is 1. The number of alkyl halides is 3. The largest absolute Gasteiger partial charge is 0.490 e. The summed E-state index contributed by atoms with van der Waals surface area (Å²) in [4.78, 5) is 28.5. The van der Waals surface area contributed by atoms with Gasteiger partial charge in [-0.3, -0.25) is 9.52 Å². The Kier molecular flexibility index (Phi) is 10.1. The number of hydrogen-bond acceptors (Lipinski definition) is 8. The maximum absolute atomic E-state index is 13.6. The molecule has 1 aliphatic rings. The number of amides is 1. The second-order valence-corrected chi connectivity index (χ2v) is 14.6. The number of nitrogens with zero attached hydrogens (tertiary/aromatic N) is 2. The van der Waals surface area contributed by atoms with Crippen LogP contribution in [0.2, 0.25) is 0 Å². The van der Waals surface area contributed by atoms with Crippen molar-refractivity contribution in [1.82, 2.24) is 19.4 Å². The number of carbonyl (C=O) groups excluding carboxylic acids is 1. The lowest BCUT2D eigenvalue weighted by Crippen LogP contribution is -2.31. The first-order valence-corrected chi connectivity index (χ1v) is 17.6. The van der Waals surface area contributed by atoms with Crippen LogP contribution in [0.3, 0.4) is 0 Å². The van der Waals surface area contributed by atoms with Gasteiger partial charge in [-0.15, -0.1) is 0 Å². The van der Waals surface area contributed by atoms with E-state index in [2.05, 4.69) is 20.8 Å². The molecular weight excluding hydrogens is 700 g/mol. The van der Waals surface area contributed by atoms with Crippen molar-refractivity contribution in [2.24, 2.45) is 0 Å². The molecule has 1 saturated heterocycles. The average molecular weight is 726 g/mol. The van der Waals surface area contributed by atoms with Crippen molar-refractivity contribution >= 4 is 43.0 Å². The minimum atomic E-state index is -5.08. The monoisotopic (exact) mass is 725 g/mol. The molecule has 0 aliphatic carbocycles. The number of aromatic amines is 1. The molecule has 4 N–H and O–H groups in total. The van der Waals surface area contributed by atoms with Crippen molar-refractivity contribution in [1.29, 1.82) is 5.26 Å². The van der Waals surface area contributed by atoms with Crippen LogP contribution in [-0.2, 0) is 36.1 Å². The maximum atomic E-state index is 13.6. The van der Waals surface area contributed by atoms with Crippen molar-refractivity contribution in [3.05, 3.63) is 120 Å². The molecule has 5 aromatic rings. The summed E-state index contributed by atoms with van der Waals surface area (Å²) in [7, 11) is -7.78. The van der Waals surface area contributed by atoms with Crippen LogP contribution in [0.25, 0.3) is 22.2 Å². The number of para-hydroxylation sites is 2. The van der Waals surface area contributed by atoms with Gasteiger partial charge >= 0.3 is 12.1 Å². The highest BCUT2D eigenvalue weighted by molar-refractivity contribution is 7.90. The Bertz CT molecular complexity index is 2270. The number of aliphatic carboxylic acids is 1. The minimum Gasteiger partial charge on any atom is -0.475 e. The number of carboxylic acids is 1. The zero-order chi connectivity index (χ0) is 36.3. The van der Waals surface area contributed by atoms with E-state index in [4.69, 9.17) is 15.2 Å². The summed E-state index contributed by atoms with van der Waals surface area (Å²) in [5, 5.41) is 15.2. The fraction of sp³-hybridized carbons (Fsp3) is 0.152. The van der Waals surface area contributed by atoms with Crippen LogP contribution in [0, 0.1) is 11.3 Å². The molecule has 4 aromatic carbocycles. The number of carbonyl (C=O) groups is 2. The van der Waals surface area contributed by atoms with E-state index < -0.39 is 49.4 Å². The van der Waals surface area contributed by atoms with E-state index >= 15 is 0 Å². The van der Waals surface area contributed by atoms with Gasteiger partial charge in [0.25, 0.3) is 0 Å². The maximum Gasteiger partial charge on any atom is 0.490 e. The van der Waals surface area contributed by atoms with E-state index in [1.807, 2.05) is 29.0 Å². The molecule has 2 atom stereocenters. The van der Waals surface area contributed by atoms with Crippen LogP contribution in [0.4, 0.5) is 13.2 Å². The summed E-state index contributed by atoms with van der Waals surface area (Å²) in [6.45, 7) is 0. The molecule has 0 saturated carbocycles. The molecule has 0 bridgehead atoms. The fourth-order valence-electron chi connectivity index (χ4n) is 5.10. The first-order chi connectivity index (χ1) is 23.6. The predicted molar refractivity (Wildman–Crippen MR) is 174 cm³/mol. The van der Waals surface area contributed by atoms with E-state index in [0.717, 1.165) is 22.2 Å². The summed E-state index contributed by atoms with van der Waals surface area (Å²) in [6.07, 6.45) is -5.01. The van der Waals surface area contributed by atoms with Gasteiger partial charge in [0, 0.05) is 0 Å². The lowest BCUT2D eigenvalue weighted by molar-refractivity contribution is -0.192. The lowest BCUT2D eigenvalue weighted by atomic mass is 10.0. The summed E-state index contributed by atoms with van der Waals surface area (Å²) in [6, 6.07) is 28.9. The quantitative estimate of drug-likeness (QED) is 0.172. The van der Waals surface area contributed by atoms with Crippen LogP contribution < -0.4 is 9.44 Å². The van der Waals surface area contributed by atoms with Crippen molar-refractivity contribution < 1.29 is 44.7 Å². The highest BCUT2D eigenvalue weighted by Crippen LogP contribution is 2.31. The Labute approximate surface area is 283 Å². The molecule has 1 fully saturated rings. The van der Waals surface area contributed by atoms with Crippen molar-refractivity contribution in [3.8, 4) is 17.2 Å². The van der Waals surface area contributed by atoms with Gasteiger partial charge in [0.1, 0.15) is 11.1 Å². The second-order valence-electron chi connectivity index (χ2n) is 11.0. The standard InChI is InChI=1S/C31H25N5O5S2.C2HF3O2/c32-19-21-7-9-22(10-8-21)23-13-15-25(16-14-23)42(38,39)35-28(31-33-26-3-1-2-4-27(26)34-31)17-20-5-11-24(12-6-20)29-18-30(37)36-43(29,40)41;3-2(4,5)1(6)7/h1-16,28-29,35H,17-18H2,(H,33,34)(H,36,37);(H,6,7). The summed E-state index contributed by atoms with van der Waals surface area (Å²) >= 11 is 0. The van der Waals surface area contributed by atoms with E-state index in [1.54, 1.807) is 60.7 Å². The van der Waals surface area contributed by atoms with Gasteiger partial charge in [-0.05, 0) is 65.1 Å². The van der Waals surface area contributed by atoms with Gasteiger partial charge in [0.05, 0.1) is 40.0 Å². The highest BCUT2D eigenvalue weighted by atomic mass is 32.2. The van der Waals surface area contributed by atoms with Crippen LogP contribution >= 0.6 is 0 Å². The van der Waals surface area contributed by atoms with E-state index in [0.29, 0.717) is 22.5 Å². The zero-order valence-corrected chi connectivity index (χ0v) is 27.2. The summed E-state index contributed by atoms with van der Waals surface area (Å²) in [5.74, 6) is -2.87. The first kappa shape index (κ1) is 35.7. The van der Waals surface area contributed by atoms with Gasteiger partial charge < -0.3 is 10.1 Å². The fourth-order valence-corrected chi connectivity index (χ4v) is 7.73. The Balaban J connectivity index is 0.000000630. The minimum absolute atomic E-state index is 0.0740. The number of rotatable bonds is 8. The molecule has 0 spiro atoms. The number of sulfonamides is 2. The predicted octanol–water partition coefficient (Wildman–Crippen LogP) is 4.89. The van der Waals surface area contributed by atoms with Crippen molar-refractivity contribution in [2.45, 2.75) is 35.2 Å². The molecule has 258 valence electrons. The van der Waals surface area contributed by atoms with Crippen LogP contribution in [-0.4, -0.2) is 50.0 Å². The number of nitrogens with one attached hydrogen (secondary N) is 3. The Morgan fingerprint density at radius 1 is 0.980 bits per heavy atom. The first-order valence-electron chi connectivity index (χ1n) is 14.6. The molecular formula is C33H26F3N5O7S2. The van der Waals surface area contributed by atoms with Gasteiger partial charge in [0.2, 0.25) is 26.0 Å². The van der Waals surface area contributed by atoms with E-state index in [-0.39, 0.29) is 17.7 Å². The molecule has 1 aliphatic heterocycles. The molecule has 17 heteroatoms. The zero-order valence-electron chi connectivity index (χ0n) is 25.5. The lowest BCUT2D eigenvalue weighted by Gasteiger charge is -2.18. The number of benzene rings is 4. The number of carboxylic acid groups (broad SMARTS) is 1. The Morgan fingerprint density at radius 3 is 2.08 bits per heavy atom. The molecule has 2 heterocycles. The van der Waals surface area contributed by atoms with Crippen LogP contribution in [0.15, 0.2) is 102 Å². The smallest absolute Gasteiger partial charge is 0.475 e. The third-order valence-electron chi connectivity index (χ3n) is 7.58. The molecule has 50 heavy (non-hydrogen) atoms. The molecule has 1 aromatic heterocycles. The topological polar surface area (TPSA) is 199 Å². The third kappa shape index (κ3) is 8.34. The Morgan fingerprint density at radius 2 is 1.56 bits per heavy atom. The molecule has 1 amide bonds. The number of hydrogen-bond donors (Lipinski definition) is 4. The van der Waals surface area contributed by atoms with E-state index in [1.165, 1.54) is 12.1 Å². The van der Waals surface area contributed by atoms with E-state index in [9.17, 15) is 34.8 Å². The molecule has 12 nitrogen and oxygen atoms in total. The Hall–Kier alpha value is -5.57. The van der Waals surface area contributed by atoms with Crippen molar-refractivity contribution in [2.75, 3.05) is 0 Å². The summed E-state index contributed by atoms with van der Waals surface area (Å²) in [5.41, 5.74) is 4.85. The second kappa shape index (κ2) is 14.1. The van der Waals surface area contributed by atoms with Gasteiger partial charge in [0.15, 0.2) is 0 Å². The van der Waals surface area contributed by atoms with Gasteiger partial charge in [-0.1, -0.05) is 60.7 Å². The number of fused-ring (bicyclic) bond motifs is 1. The van der Waals surface area contributed by atoms with Gasteiger partial charge in [-0.25, -0.2) is 31.3 Å². The molecule has 2 unspecified atom stereocenters. The number of nitriles is 1. The summed E-state index contributed by atoms with van der Waals surface area (Å²) < 4.78 is 88.3. The number of aromatic nitrogens is 2. The van der Waals surface area contributed by atoms with Crippen molar-refractivity contribution in [3.63, 3.8) is 0 Å². The normalized spacial score (nSPS) is 16.1. The van der Waals surface area contributed by atoms with Crippen LogP contribution in [0.1, 0.15) is 40.2 Å². The highest BCUT2D eigenvalue weighted by Gasteiger charge is 2.39. The average Bonchev–Trinajstić information content (AvgIpc) is 3.63. The number of halogens is 3. The SMILES string of the molecule is N#Cc1ccc(-c2ccc(S(=O)(=O)NC(Cc3ccc(C4CC(=O)NS4(=O)=O)cc3)c3nc4ccccc4[nH]3)cc2)cc1.O=C(O)C(F)(F)F.